The lowest BCUT2D eigenvalue weighted by Crippen LogP contribution is -2.46. The van der Waals surface area contributed by atoms with E-state index in [1.54, 1.807) is 0 Å². The van der Waals surface area contributed by atoms with Crippen LogP contribution in [0.4, 0.5) is 5.69 Å². The second kappa shape index (κ2) is 11.1. The largest absolute Gasteiger partial charge is 0.352 e. The zero-order valence-electron chi connectivity index (χ0n) is 18.9. The van der Waals surface area contributed by atoms with E-state index in [1.165, 1.54) is 31.7 Å². The van der Waals surface area contributed by atoms with Crippen LogP contribution in [0.2, 0.25) is 0 Å². The molecule has 0 aliphatic heterocycles. The molecule has 3 rings (SSSR count). The molecule has 2 aromatic carbocycles. The van der Waals surface area contributed by atoms with E-state index in [9.17, 15) is 9.59 Å². The minimum Gasteiger partial charge on any atom is -0.352 e. The lowest BCUT2D eigenvalue weighted by Gasteiger charge is -2.32. The Hall–Kier alpha value is -2.66. The van der Waals surface area contributed by atoms with E-state index in [1.807, 2.05) is 36.4 Å². The first-order valence-electron chi connectivity index (χ1n) is 11.4. The maximum Gasteiger partial charge on any atom is 0.234 e. The van der Waals surface area contributed by atoms with Crippen molar-refractivity contribution >= 4 is 17.5 Å². The average molecular weight is 422 g/mol. The first-order chi connectivity index (χ1) is 14.9. The van der Waals surface area contributed by atoms with Gasteiger partial charge in [-0.05, 0) is 48.9 Å². The number of amides is 2. The Labute approximate surface area is 186 Å². The predicted octanol–water partition coefficient (Wildman–Crippen LogP) is 4.90. The van der Waals surface area contributed by atoms with E-state index >= 15 is 0 Å². The van der Waals surface area contributed by atoms with Crippen LogP contribution >= 0.6 is 0 Å². The summed E-state index contributed by atoms with van der Waals surface area (Å²) < 4.78 is 0. The second-order valence-corrected chi connectivity index (χ2v) is 8.81. The maximum atomic E-state index is 13.0. The molecule has 31 heavy (non-hydrogen) atoms. The first kappa shape index (κ1) is 23.0. The Morgan fingerprint density at radius 3 is 2.52 bits per heavy atom. The topological polar surface area (TPSA) is 61.4 Å². The number of anilines is 1. The van der Waals surface area contributed by atoms with Crippen LogP contribution in [0.15, 0.2) is 54.6 Å². The van der Waals surface area contributed by atoms with Gasteiger partial charge in [0.2, 0.25) is 11.8 Å². The zero-order valence-corrected chi connectivity index (χ0v) is 18.9. The average Bonchev–Trinajstić information content (AvgIpc) is 2.75. The summed E-state index contributed by atoms with van der Waals surface area (Å²) in [4.78, 5) is 26.7. The third-order valence-electron chi connectivity index (χ3n) is 6.27. The standard InChI is InChI=1S/C26H35N3O2/c1-19-10-7-8-15-25(19)28-26(31)18-29(17-22-11-5-4-6-12-22)20(2)23-13-9-14-24(16-23)27-21(3)30/h4-6,9,11-14,16,19-20,25H,7-8,10,15,17-18H2,1-3H3,(H,27,30)(H,28,31)/t19-,20+,25+/m1/s1. The molecule has 2 amide bonds. The third kappa shape index (κ3) is 6.93. The van der Waals surface area contributed by atoms with E-state index < -0.39 is 0 Å². The van der Waals surface area contributed by atoms with Crippen molar-refractivity contribution < 1.29 is 9.59 Å². The molecule has 2 N–H and O–H groups in total. The Morgan fingerprint density at radius 2 is 1.81 bits per heavy atom. The number of nitrogens with one attached hydrogen (secondary N) is 2. The molecule has 3 atom stereocenters. The molecule has 0 radical (unpaired) electrons. The summed E-state index contributed by atoms with van der Waals surface area (Å²) in [6, 6.07) is 18.4. The van der Waals surface area contributed by atoms with Crippen LogP contribution in [0.25, 0.3) is 0 Å². The van der Waals surface area contributed by atoms with Crippen LogP contribution in [-0.2, 0) is 16.1 Å². The van der Waals surface area contributed by atoms with Crippen LogP contribution < -0.4 is 10.6 Å². The summed E-state index contributed by atoms with van der Waals surface area (Å²) in [6.45, 7) is 6.88. The van der Waals surface area contributed by atoms with Crippen molar-refractivity contribution in [1.29, 1.82) is 0 Å². The highest BCUT2D eigenvalue weighted by atomic mass is 16.2. The summed E-state index contributed by atoms with van der Waals surface area (Å²) in [6.07, 6.45) is 4.70. The van der Waals surface area contributed by atoms with Crippen molar-refractivity contribution in [3.8, 4) is 0 Å². The van der Waals surface area contributed by atoms with Crippen LogP contribution in [0, 0.1) is 5.92 Å². The number of carbonyl (C=O) groups excluding carboxylic acids is 2. The Morgan fingerprint density at radius 1 is 1.06 bits per heavy atom. The highest BCUT2D eigenvalue weighted by molar-refractivity contribution is 5.88. The summed E-state index contributed by atoms with van der Waals surface area (Å²) in [5.74, 6) is 0.526. The van der Waals surface area contributed by atoms with Crippen molar-refractivity contribution in [2.24, 2.45) is 5.92 Å². The molecular weight excluding hydrogens is 386 g/mol. The van der Waals surface area contributed by atoms with Gasteiger partial charge in [0.05, 0.1) is 6.54 Å². The van der Waals surface area contributed by atoms with E-state index in [0.717, 1.165) is 17.7 Å². The molecule has 0 bridgehead atoms. The molecule has 1 aliphatic rings. The molecular formula is C26H35N3O2. The van der Waals surface area contributed by atoms with E-state index in [0.29, 0.717) is 19.0 Å². The van der Waals surface area contributed by atoms with Gasteiger partial charge >= 0.3 is 0 Å². The molecule has 5 nitrogen and oxygen atoms in total. The molecule has 0 unspecified atom stereocenters. The van der Waals surface area contributed by atoms with Gasteiger partial charge < -0.3 is 10.6 Å². The van der Waals surface area contributed by atoms with Crippen molar-refractivity contribution in [3.63, 3.8) is 0 Å². The van der Waals surface area contributed by atoms with Gasteiger partial charge in [-0.15, -0.1) is 0 Å². The summed E-state index contributed by atoms with van der Waals surface area (Å²) in [5.41, 5.74) is 3.02. The first-order valence-corrected chi connectivity index (χ1v) is 11.4. The number of nitrogens with zero attached hydrogens (tertiary/aromatic N) is 1. The van der Waals surface area contributed by atoms with E-state index in [4.69, 9.17) is 0 Å². The predicted molar refractivity (Wildman–Crippen MR) is 126 cm³/mol. The molecule has 0 heterocycles. The zero-order chi connectivity index (χ0) is 22.2. The smallest absolute Gasteiger partial charge is 0.234 e. The summed E-state index contributed by atoms with van der Waals surface area (Å²) >= 11 is 0. The van der Waals surface area contributed by atoms with Gasteiger partial charge in [-0.1, -0.05) is 62.2 Å². The van der Waals surface area contributed by atoms with Crippen molar-refractivity contribution in [3.05, 3.63) is 65.7 Å². The Kier molecular flexibility index (Phi) is 8.24. The fraction of sp³-hybridized carbons (Fsp3) is 0.462. The molecule has 1 fully saturated rings. The molecule has 5 heteroatoms. The number of rotatable bonds is 8. The fourth-order valence-electron chi connectivity index (χ4n) is 4.41. The fourth-order valence-corrected chi connectivity index (χ4v) is 4.41. The maximum absolute atomic E-state index is 13.0. The van der Waals surface area contributed by atoms with Gasteiger partial charge in [0.1, 0.15) is 0 Å². The van der Waals surface area contributed by atoms with Crippen LogP contribution in [0.1, 0.15) is 63.6 Å². The minimum absolute atomic E-state index is 0.0171. The SMILES string of the molecule is CC(=O)Nc1cccc([C@H](C)N(CC(=O)N[C@H]2CCCC[C@H]2C)Cc2ccccc2)c1. The number of carbonyl (C=O) groups is 2. The lowest BCUT2D eigenvalue weighted by atomic mass is 9.86. The lowest BCUT2D eigenvalue weighted by molar-refractivity contribution is -0.124. The van der Waals surface area contributed by atoms with E-state index in [-0.39, 0.29) is 23.9 Å². The highest BCUT2D eigenvalue weighted by Crippen LogP contribution is 2.26. The molecule has 0 aromatic heterocycles. The van der Waals surface area contributed by atoms with Crippen molar-refractivity contribution in [2.75, 3.05) is 11.9 Å². The van der Waals surface area contributed by atoms with Gasteiger partial charge in [-0.2, -0.15) is 0 Å². The number of hydrogen-bond donors (Lipinski definition) is 2. The Balaban J connectivity index is 1.75. The van der Waals surface area contributed by atoms with Crippen LogP contribution in [0.3, 0.4) is 0 Å². The second-order valence-electron chi connectivity index (χ2n) is 8.81. The molecule has 0 saturated heterocycles. The minimum atomic E-state index is -0.0908. The molecule has 0 spiro atoms. The van der Waals surface area contributed by atoms with Gasteiger partial charge in [-0.3, -0.25) is 14.5 Å². The number of hydrogen-bond acceptors (Lipinski definition) is 3. The van der Waals surface area contributed by atoms with Gasteiger partial charge in [0, 0.05) is 31.2 Å². The molecule has 1 saturated carbocycles. The van der Waals surface area contributed by atoms with Gasteiger partial charge in [-0.25, -0.2) is 0 Å². The van der Waals surface area contributed by atoms with Gasteiger partial charge in [0.15, 0.2) is 0 Å². The summed E-state index contributed by atoms with van der Waals surface area (Å²) in [5, 5.41) is 6.14. The third-order valence-corrected chi connectivity index (χ3v) is 6.27. The van der Waals surface area contributed by atoms with Crippen molar-refractivity contribution in [2.45, 2.75) is 65.1 Å². The van der Waals surface area contributed by atoms with Gasteiger partial charge in [0.25, 0.3) is 0 Å². The monoisotopic (exact) mass is 421 g/mol. The quantitative estimate of drug-likeness (QED) is 0.637. The van der Waals surface area contributed by atoms with E-state index in [2.05, 4.69) is 47.6 Å². The summed E-state index contributed by atoms with van der Waals surface area (Å²) in [7, 11) is 0. The highest BCUT2D eigenvalue weighted by Gasteiger charge is 2.25. The van der Waals surface area contributed by atoms with Crippen LogP contribution in [-0.4, -0.2) is 29.3 Å². The molecule has 166 valence electrons. The van der Waals surface area contributed by atoms with Crippen LogP contribution in [0.5, 0.6) is 0 Å². The normalized spacial score (nSPS) is 19.6. The molecule has 1 aliphatic carbocycles. The number of benzene rings is 2. The molecule has 2 aromatic rings. The van der Waals surface area contributed by atoms with Crippen molar-refractivity contribution in [1.82, 2.24) is 10.2 Å². The Bertz CT molecular complexity index is 868.